The highest BCUT2D eigenvalue weighted by molar-refractivity contribution is 7.16. The Hall–Kier alpha value is -3.20. The molecule has 3 aromatic rings. The molecule has 8 nitrogen and oxygen atoms in total. The zero-order valence-corrected chi connectivity index (χ0v) is 18.1. The molecule has 158 valence electrons. The lowest BCUT2D eigenvalue weighted by atomic mass is 10.1. The van der Waals surface area contributed by atoms with Gasteiger partial charge in [0.1, 0.15) is 10.8 Å². The molecule has 0 radical (unpaired) electrons. The number of methoxy groups -OCH3 is 1. The van der Waals surface area contributed by atoms with Gasteiger partial charge in [0.15, 0.2) is 0 Å². The van der Waals surface area contributed by atoms with Gasteiger partial charge in [0.05, 0.1) is 19.3 Å². The Morgan fingerprint density at radius 3 is 2.60 bits per heavy atom. The van der Waals surface area contributed by atoms with Crippen LogP contribution < -0.4 is 10.1 Å². The summed E-state index contributed by atoms with van der Waals surface area (Å²) >= 11 is 1.36. The molecule has 0 atom stereocenters. The Balaban J connectivity index is 1.62. The van der Waals surface area contributed by atoms with Crippen LogP contribution in [0.1, 0.15) is 40.0 Å². The number of anilines is 1. The van der Waals surface area contributed by atoms with Crippen LogP contribution >= 0.6 is 11.3 Å². The van der Waals surface area contributed by atoms with E-state index < -0.39 is 5.97 Å². The largest absolute Gasteiger partial charge is 0.497 e. The maximum absolute atomic E-state index is 12.4. The van der Waals surface area contributed by atoms with E-state index in [-0.39, 0.29) is 25.4 Å². The average Bonchev–Trinajstić information content (AvgIpc) is 3.31. The maximum atomic E-state index is 12.4. The molecule has 1 amide bonds. The van der Waals surface area contributed by atoms with Gasteiger partial charge in [0, 0.05) is 23.3 Å². The predicted molar refractivity (Wildman–Crippen MR) is 113 cm³/mol. The number of aromatic nitrogens is 2. The van der Waals surface area contributed by atoms with Gasteiger partial charge in [-0.05, 0) is 50.6 Å². The van der Waals surface area contributed by atoms with E-state index in [1.807, 2.05) is 38.1 Å². The summed E-state index contributed by atoms with van der Waals surface area (Å²) in [6, 6.07) is 7.28. The first-order chi connectivity index (χ1) is 14.4. The lowest BCUT2D eigenvalue weighted by Gasteiger charge is -2.06. The SMILES string of the molecule is CCOC(=O)c1c(NC(=O)CCc2nc(-c3ccc(OC)cc3)no2)sc(C)c1C. The van der Waals surface area contributed by atoms with Crippen molar-refractivity contribution in [2.75, 3.05) is 19.0 Å². The number of hydrogen-bond acceptors (Lipinski definition) is 8. The number of rotatable bonds is 8. The quantitative estimate of drug-likeness (QED) is 0.536. The van der Waals surface area contributed by atoms with Crippen LogP contribution in [0.3, 0.4) is 0 Å². The number of benzene rings is 1. The normalized spacial score (nSPS) is 10.7. The molecule has 3 rings (SSSR count). The molecule has 30 heavy (non-hydrogen) atoms. The summed E-state index contributed by atoms with van der Waals surface area (Å²) in [6.45, 7) is 5.76. The van der Waals surface area contributed by atoms with Crippen molar-refractivity contribution in [1.82, 2.24) is 10.1 Å². The number of amides is 1. The number of hydrogen-bond donors (Lipinski definition) is 1. The van der Waals surface area contributed by atoms with Gasteiger partial charge < -0.3 is 19.3 Å². The van der Waals surface area contributed by atoms with Crippen LogP contribution in [-0.4, -0.2) is 35.7 Å². The fourth-order valence-corrected chi connectivity index (χ4v) is 3.85. The van der Waals surface area contributed by atoms with E-state index in [0.717, 1.165) is 21.8 Å². The van der Waals surface area contributed by atoms with Crippen LogP contribution in [0, 0.1) is 13.8 Å². The molecular formula is C21H23N3O5S. The summed E-state index contributed by atoms with van der Waals surface area (Å²) in [5.74, 6) is 0.865. The van der Waals surface area contributed by atoms with Crippen molar-refractivity contribution in [2.45, 2.75) is 33.6 Å². The van der Waals surface area contributed by atoms with Crippen LogP contribution in [0.2, 0.25) is 0 Å². The Morgan fingerprint density at radius 1 is 1.20 bits per heavy atom. The predicted octanol–water partition coefficient (Wildman–Crippen LogP) is 4.17. The second kappa shape index (κ2) is 9.53. The summed E-state index contributed by atoms with van der Waals surface area (Å²) < 4.78 is 15.5. The number of carbonyl (C=O) groups excluding carboxylic acids is 2. The molecule has 0 aliphatic carbocycles. The Bertz CT molecular complexity index is 1040. The van der Waals surface area contributed by atoms with Crippen LogP contribution in [0.15, 0.2) is 28.8 Å². The van der Waals surface area contributed by atoms with E-state index in [0.29, 0.717) is 22.3 Å². The van der Waals surface area contributed by atoms with Gasteiger partial charge >= 0.3 is 5.97 Å². The van der Waals surface area contributed by atoms with E-state index in [9.17, 15) is 9.59 Å². The maximum Gasteiger partial charge on any atom is 0.341 e. The highest BCUT2D eigenvalue weighted by Gasteiger charge is 2.22. The third-order valence-corrected chi connectivity index (χ3v) is 5.62. The minimum absolute atomic E-state index is 0.141. The standard InChI is InChI=1S/C21H23N3O5S/c1-5-28-21(26)18-12(2)13(3)30-20(18)22-16(25)10-11-17-23-19(24-29-17)14-6-8-15(27-4)9-7-14/h6-9H,5,10-11H2,1-4H3,(H,22,25). The zero-order chi connectivity index (χ0) is 21.7. The molecule has 0 spiro atoms. The smallest absolute Gasteiger partial charge is 0.341 e. The van der Waals surface area contributed by atoms with Crippen LogP contribution in [0.4, 0.5) is 5.00 Å². The van der Waals surface area contributed by atoms with Crippen LogP contribution in [0.5, 0.6) is 5.75 Å². The summed E-state index contributed by atoms with van der Waals surface area (Å²) in [4.78, 5) is 29.9. The summed E-state index contributed by atoms with van der Waals surface area (Å²) in [6.07, 6.45) is 0.426. The second-order valence-electron chi connectivity index (χ2n) is 6.50. The van der Waals surface area contributed by atoms with Gasteiger partial charge in [-0.1, -0.05) is 5.16 Å². The Kier molecular flexibility index (Phi) is 6.83. The number of nitrogens with zero attached hydrogens (tertiary/aromatic N) is 2. The fourth-order valence-electron chi connectivity index (χ4n) is 2.79. The molecule has 0 saturated carbocycles. The zero-order valence-electron chi connectivity index (χ0n) is 17.3. The van der Waals surface area contributed by atoms with Gasteiger partial charge in [0.2, 0.25) is 17.6 Å². The van der Waals surface area contributed by atoms with Gasteiger partial charge in [-0.25, -0.2) is 4.79 Å². The second-order valence-corrected chi connectivity index (χ2v) is 7.72. The molecule has 1 N–H and O–H groups in total. The topological polar surface area (TPSA) is 104 Å². The minimum Gasteiger partial charge on any atom is -0.497 e. The molecule has 0 bridgehead atoms. The number of aryl methyl sites for hydroxylation is 2. The third-order valence-electron chi connectivity index (χ3n) is 4.50. The van der Waals surface area contributed by atoms with E-state index in [1.165, 1.54) is 11.3 Å². The van der Waals surface area contributed by atoms with Crippen LogP contribution in [-0.2, 0) is 16.0 Å². The van der Waals surface area contributed by atoms with E-state index in [2.05, 4.69) is 15.5 Å². The van der Waals surface area contributed by atoms with Gasteiger partial charge in [-0.2, -0.15) is 4.98 Å². The van der Waals surface area contributed by atoms with Crippen molar-refractivity contribution in [3.05, 3.63) is 46.2 Å². The van der Waals surface area contributed by atoms with E-state index in [1.54, 1.807) is 14.0 Å². The first-order valence-corrected chi connectivity index (χ1v) is 10.3. The number of ether oxygens (including phenoxy) is 2. The highest BCUT2D eigenvalue weighted by atomic mass is 32.1. The fraction of sp³-hybridized carbons (Fsp3) is 0.333. The first-order valence-electron chi connectivity index (χ1n) is 9.46. The number of esters is 1. The monoisotopic (exact) mass is 429 g/mol. The molecule has 0 unspecified atom stereocenters. The van der Waals surface area contributed by atoms with Crippen molar-refractivity contribution in [3.63, 3.8) is 0 Å². The van der Waals surface area contributed by atoms with Crippen molar-refractivity contribution in [2.24, 2.45) is 0 Å². The molecule has 2 heterocycles. The molecule has 1 aromatic carbocycles. The first kappa shape index (κ1) is 21.5. The van der Waals surface area contributed by atoms with Crippen molar-refractivity contribution in [3.8, 4) is 17.1 Å². The minimum atomic E-state index is -0.435. The third kappa shape index (κ3) is 4.85. The molecule has 0 aliphatic heterocycles. The lowest BCUT2D eigenvalue weighted by molar-refractivity contribution is -0.116. The van der Waals surface area contributed by atoms with Gasteiger partial charge in [-0.15, -0.1) is 11.3 Å². The van der Waals surface area contributed by atoms with Crippen molar-refractivity contribution in [1.29, 1.82) is 0 Å². The highest BCUT2D eigenvalue weighted by Crippen LogP contribution is 2.33. The van der Waals surface area contributed by atoms with E-state index in [4.69, 9.17) is 14.0 Å². The molecule has 9 heteroatoms. The van der Waals surface area contributed by atoms with Crippen LogP contribution in [0.25, 0.3) is 11.4 Å². The molecular weight excluding hydrogens is 406 g/mol. The summed E-state index contributed by atoms with van der Waals surface area (Å²) in [5.41, 5.74) is 2.01. The number of thiophene rings is 1. The number of carbonyl (C=O) groups is 2. The average molecular weight is 429 g/mol. The molecule has 2 aromatic heterocycles. The summed E-state index contributed by atoms with van der Waals surface area (Å²) in [7, 11) is 1.60. The van der Waals surface area contributed by atoms with Gasteiger partial charge in [-0.3, -0.25) is 4.79 Å². The number of nitrogens with one attached hydrogen (secondary N) is 1. The Morgan fingerprint density at radius 2 is 1.93 bits per heavy atom. The van der Waals surface area contributed by atoms with E-state index >= 15 is 0 Å². The van der Waals surface area contributed by atoms with Gasteiger partial charge in [0.25, 0.3) is 0 Å². The summed E-state index contributed by atoms with van der Waals surface area (Å²) in [5, 5.41) is 7.26. The Labute approximate surface area is 178 Å². The van der Waals surface area contributed by atoms with Crippen molar-refractivity contribution >= 4 is 28.2 Å². The lowest BCUT2D eigenvalue weighted by Crippen LogP contribution is -2.15. The molecule has 0 saturated heterocycles. The molecule has 0 aliphatic rings. The molecule has 0 fully saturated rings. The van der Waals surface area contributed by atoms with Crippen molar-refractivity contribution < 1.29 is 23.6 Å².